The minimum Gasteiger partial charge on any atom is -0.481 e. The third kappa shape index (κ3) is 6.72. The van der Waals surface area contributed by atoms with E-state index < -0.39 is 48.1 Å². The van der Waals surface area contributed by atoms with Crippen LogP contribution < -0.4 is 0 Å². The monoisotopic (exact) mass is 290 g/mol. The summed E-state index contributed by atoms with van der Waals surface area (Å²) in [5, 5.41) is 35.2. The van der Waals surface area contributed by atoms with Crippen LogP contribution in [0.4, 0.5) is 0 Å². The Morgan fingerprint density at radius 1 is 0.800 bits per heavy atom. The molecule has 0 aromatic rings. The van der Waals surface area contributed by atoms with E-state index >= 15 is 0 Å². The molecule has 0 bridgehead atoms. The first-order valence-electron chi connectivity index (χ1n) is 6.05. The molecule has 3 unspecified atom stereocenters. The first-order chi connectivity index (χ1) is 9.15. The smallest absolute Gasteiger partial charge is 0.307 e. The maximum Gasteiger partial charge on any atom is 0.307 e. The van der Waals surface area contributed by atoms with Crippen LogP contribution >= 0.6 is 0 Å². The molecule has 114 valence electrons. The highest BCUT2D eigenvalue weighted by molar-refractivity contribution is 5.79. The molecule has 0 heterocycles. The van der Waals surface area contributed by atoms with Gasteiger partial charge in [0.2, 0.25) is 0 Å². The van der Waals surface area contributed by atoms with Crippen molar-refractivity contribution in [1.29, 1.82) is 0 Å². The van der Waals surface area contributed by atoms with Gasteiger partial charge in [-0.3, -0.25) is 19.2 Å². The summed E-state index contributed by atoms with van der Waals surface area (Å²) in [7, 11) is 0. The largest absolute Gasteiger partial charge is 0.481 e. The molecule has 0 aromatic heterocycles. The third-order valence-electron chi connectivity index (χ3n) is 3.06. The topological polar surface area (TPSA) is 149 Å². The van der Waals surface area contributed by atoms with Crippen LogP contribution in [0.1, 0.15) is 32.6 Å². The molecule has 20 heavy (non-hydrogen) atoms. The van der Waals surface area contributed by atoms with Crippen LogP contribution in [0.5, 0.6) is 0 Å². The molecule has 0 aliphatic heterocycles. The second kappa shape index (κ2) is 8.13. The number of hydrogen-bond acceptors (Lipinski definition) is 4. The Kier molecular flexibility index (Phi) is 7.27. The second-order valence-electron chi connectivity index (χ2n) is 4.72. The highest BCUT2D eigenvalue weighted by Gasteiger charge is 2.29. The van der Waals surface area contributed by atoms with Gasteiger partial charge in [0.05, 0.1) is 24.2 Å². The van der Waals surface area contributed by atoms with E-state index in [2.05, 4.69) is 0 Å². The van der Waals surface area contributed by atoms with E-state index in [1.54, 1.807) is 0 Å². The predicted molar refractivity (Wildman–Crippen MR) is 65.2 cm³/mol. The maximum absolute atomic E-state index is 11.0. The van der Waals surface area contributed by atoms with Crippen molar-refractivity contribution in [3.63, 3.8) is 0 Å². The summed E-state index contributed by atoms with van der Waals surface area (Å²) in [5.74, 6) is -8.11. The fraction of sp³-hybridized carbons (Fsp3) is 0.667. The molecule has 8 nitrogen and oxygen atoms in total. The van der Waals surface area contributed by atoms with Gasteiger partial charge < -0.3 is 20.4 Å². The molecular formula is C12H18O8. The minimum absolute atomic E-state index is 0.00774. The lowest BCUT2D eigenvalue weighted by Crippen LogP contribution is -2.25. The summed E-state index contributed by atoms with van der Waals surface area (Å²) in [4.78, 5) is 43.1. The lowest BCUT2D eigenvalue weighted by atomic mass is 9.87. The Balaban J connectivity index is 4.66. The molecule has 0 rings (SSSR count). The first kappa shape index (κ1) is 17.9. The Morgan fingerprint density at radius 2 is 1.30 bits per heavy atom. The summed E-state index contributed by atoms with van der Waals surface area (Å²) in [5.41, 5.74) is 0. The lowest BCUT2D eigenvalue weighted by molar-refractivity contribution is -0.151. The molecule has 0 aromatic carbocycles. The molecule has 0 spiro atoms. The quantitative estimate of drug-likeness (QED) is 0.460. The number of hydrogen-bond donors (Lipinski definition) is 4. The lowest BCUT2D eigenvalue weighted by Gasteiger charge is -2.17. The standard InChI is InChI=1S/C12H18O8/c1-6(10(15)16)2-3-7(11(17)18)4-8(12(19)20)5-9(13)14/h6-8H,2-5H2,1H3,(H,13,14)(H,15,16)(H,17,18)(H,19,20). The van der Waals surface area contributed by atoms with Gasteiger partial charge in [-0.2, -0.15) is 0 Å². The van der Waals surface area contributed by atoms with Gasteiger partial charge in [0.25, 0.3) is 0 Å². The second-order valence-corrected chi connectivity index (χ2v) is 4.72. The van der Waals surface area contributed by atoms with Crippen LogP contribution in [0.3, 0.4) is 0 Å². The average Bonchev–Trinajstić information content (AvgIpc) is 2.30. The molecule has 0 radical (unpaired) electrons. The van der Waals surface area contributed by atoms with Gasteiger partial charge in [0, 0.05) is 0 Å². The van der Waals surface area contributed by atoms with Gasteiger partial charge in [-0.05, 0) is 19.3 Å². The Hall–Kier alpha value is -2.12. The number of carboxylic acid groups (broad SMARTS) is 4. The molecule has 0 saturated carbocycles. The molecule has 0 aliphatic rings. The zero-order valence-electron chi connectivity index (χ0n) is 11.0. The number of rotatable bonds is 10. The van der Waals surface area contributed by atoms with Gasteiger partial charge in [-0.15, -0.1) is 0 Å². The van der Waals surface area contributed by atoms with Crippen LogP contribution in [0.25, 0.3) is 0 Å². The third-order valence-corrected chi connectivity index (χ3v) is 3.06. The summed E-state index contributed by atoms with van der Waals surface area (Å²) < 4.78 is 0. The minimum atomic E-state index is -1.37. The summed E-state index contributed by atoms with van der Waals surface area (Å²) in [6, 6.07) is 0. The maximum atomic E-state index is 11.0. The van der Waals surface area contributed by atoms with Crippen molar-refractivity contribution < 1.29 is 39.6 Å². The van der Waals surface area contributed by atoms with Crippen molar-refractivity contribution in [3.8, 4) is 0 Å². The highest BCUT2D eigenvalue weighted by Crippen LogP contribution is 2.23. The highest BCUT2D eigenvalue weighted by atomic mass is 16.4. The van der Waals surface area contributed by atoms with Gasteiger partial charge in [0.15, 0.2) is 0 Å². The molecule has 0 saturated heterocycles. The average molecular weight is 290 g/mol. The SMILES string of the molecule is CC(CCC(CC(CC(=O)O)C(=O)O)C(=O)O)C(=O)O. The molecule has 4 N–H and O–H groups in total. The number of carboxylic acids is 4. The van der Waals surface area contributed by atoms with Crippen LogP contribution in [0, 0.1) is 17.8 Å². The molecular weight excluding hydrogens is 272 g/mol. The normalized spacial score (nSPS) is 15.1. The van der Waals surface area contributed by atoms with E-state index in [-0.39, 0.29) is 19.3 Å². The van der Waals surface area contributed by atoms with E-state index in [0.717, 1.165) is 0 Å². The van der Waals surface area contributed by atoms with Crippen LogP contribution in [-0.4, -0.2) is 44.3 Å². The van der Waals surface area contributed by atoms with E-state index in [1.807, 2.05) is 0 Å². The Bertz CT molecular complexity index is 389. The summed E-state index contributed by atoms with van der Waals surface area (Å²) in [6.45, 7) is 1.42. The molecule has 0 aliphatic carbocycles. The zero-order chi connectivity index (χ0) is 15.9. The van der Waals surface area contributed by atoms with E-state index in [1.165, 1.54) is 6.92 Å². The number of carbonyl (C=O) groups is 4. The van der Waals surface area contributed by atoms with Crippen LogP contribution in [-0.2, 0) is 19.2 Å². The Morgan fingerprint density at radius 3 is 1.65 bits per heavy atom. The van der Waals surface area contributed by atoms with E-state index in [4.69, 9.17) is 20.4 Å². The van der Waals surface area contributed by atoms with Gasteiger partial charge >= 0.3 is 23.9 Å². The van der Waals surface area contributed by atoms with Gasteiger partial charge in [-0.25, -0.2) is 0 Å². The Labute approximate surface area is 115 Å². The van der Waals surface area contributed by atoms with E-state index in [0.29, 0.717) is 0 Å². The summed E-state index contributed by atoms with van der Waals surface area (Å²) in [6.07, 6.45) is -0.908. The van der Waals surface area contributed by atoms with Crippen LogP contribution in [0.15, 0.2) is 0 Å². The zero-order valence-corrected chi connectivity index (χ0v) is 11.0. The van der Waals surface area contributed by atoms with Gasteiger partial charge in [0.1, 0.15) is 0 Å². The van der Waals surface area contributed by atoms with Crippen LogP contribution in [0.2, 0.25) is 0 Å². The van der Waals surface area contributed by atoms with Crippen molar-refractivity contribution in [1.82, 2.24) is 0 Å². The fourth-order valence-corrected chi connectivity index (χ4v) is 1.74. The fourth-order valence-electron chi connectivity index (χ4n) is 1.74. The molecule has 8 heteroatoms. The van der Waals surface area contributed by atoms with Crippen molar-refractivity contribution in [2.45, 2.75) is 32.6 Å². The molecule has 3 atom stereocenters. The van der Waals surface area contributed by atoms with Gasteiger partial charge in [-0.1, -0.05) is 6.92 Å². The van der Waals surface area contributed by atoms with Crippen molar-refractivity contribution in [3.05, 3.63) is 0 Å². The van der Waals surface area contributed by atoms with E-state index in [9.17, 15) is 19.2 Å². The van der Waals surface area contributed by atoms with Crippen molar-refractivity contribution in [2.24, 2.45) is 17.8 Å². The molecule has 0 amide bonds. The molecule has 0 fully saturated rings. The summed E-state index contributed by atoms with van der Waals surface area (Å²) >= 11 is 0. The number of aliphatic carboxylic acids is 4. The predicted octanol–water partition coefficient (Wildman–Crippen LogP) is 0.754. The van der Waals surface area contributed by atoms with Crippen molar-refractivity contribution >= 4 is 23.9 Å². The first-order valence-corrected chi connectivity index (χ1v) is 6.05. The van der Waals surface area contributed by atoms with Crippen molar-refractivity contribution in [2.75, 3.05) is 0 Å².